The third-order valence-corrected chi connectivity index (χ3v) is 4.18. The van der Waals surface area contributed by atoms with Gasteiger partial charge in [0.25, 0.3) is 5.91 Å². The van der Waals surface area contributed by atoms with Gasteiger partial charge in [0.1, 0.15) is 5.69 Å². The Morgan fingerprint density at radius 2 is 1.95 bits per heavy atom. The zero-order chi connectivity index (χ0) is 15.6. The van der Waals surface area contributed by atoms with Crippen LogP contribution in [0.2, 0.25) is 0 Å². The monoisotopic (exact) mass is 293 g/mol. The van der Waals surface area contributed by atoms with Gasteiger partial charge in [0.2, 0.25) is 5.91 Å². The van der Waals surface area contributed by atoms with Crippen LogP contribution in [0.4, 0.5) is 5.69 Å². The summed E-state index contributed by atoms with van der Waals surface area (Å²) in [5, 5.41) is 7.23. The first-order valence-electron chi connectivity index (χ1n) is 7.35. The van der Waals surface area contributed by atoms with Crippen LogP contribution in [0.15, 0.2) is 0 Å². The molecule has 1 aromatic heterocycles. The molecule has 1 heterocycles. The van der Waals surface area contributed by atoms with Crippen molar-refractivity contribution in [2.24, 2.45) is 18.7 Å². The van der Waals surface area contributed by atoms with Gasteiger partial charge in [-0.3, -0.25) is 14.3 Å². The minimum atomic E-state index is -0.247. The number of nitrogens with zero attached hydrogens (tertiary/aromatic N) is 2. The van der Waals surface area contributed by atoms with Crippen molar-refractivity contribution in [3.63, 3.8) is 0 Å². The van der Waals surface area contributed by atoms with Crippen LogP contribution in [-0.4, -0.2) is 27.6 Å². The van der Waals surface area contributed by atoms with Crippen molar-refractivity contribution >= 4 is 17.5 Å². The van der Waals surface area contributed by atoms with Gasteiger partial charge in [0, 0.05) is 19.0 Å². The summed E-state index contributed by atoms with van der Waals surface area (Å²) < 4.78 is 1.53. The maximum absolute atomic E-state index is 12.4. The Bertz CT molecular complexity index is 544. The Kier molecular flexibility index (Phi) is 4.50. The smallest absolute Gasteiger partial charge is 0.271 e. The number of aryl methyl sites for hydroxylation is 2. The third kappa shape index (κ3) is 3.17. The second-order valence-electron chi connectivity index (χ2n) is 5.61. The summed E-state index contributed by atoms with van der Waals surface area (Å²) >= 11 is 0. The number of amides is 2. The van der Waals surface area contributed by atoms with Gasteiger partial charge in [-0.15, -0.1) is 0 Å². The number of nitrogens with one attached hydrogen (secondary N) is 1. The van der Waals surface area contributed by atoms with Crippen LogP contribution >= 0.6 is 0 Å². The van der Waals surface area contributed by atoms with E-state index in [9.17, 15) is 9.59 Å². The van der Waals surface area contributed by atoms with Crippen molar-refractivity contribution in [1.82, 2.24) is 15.1 Å². The van der Waals surface area contributed by atoms with Crippen molar-refractivity contribution in [2.45, 2.75) is 45.1 Å². The number of primary amides is 1. The molecule has 116 valence electrons. The first kappa shape index (κ1) is 15.3. The van der Waals surface area contributed by atoms with Crippen LogP contribution in [-0.2, 0) is 18.3 Å². The molecule has 7 nitrogen and oxygen atoms in total. The first-order valence-corrected chi connectivity index (χ1v) is 7.35. The zero-order valence-corrected chi connectivity index (χ0v) is 12.6. The number of nitrogen functional groups attached to an aromatic ring is 1. The predicted molar refractivity (Wildman–Crippen MR) is 79.4 cm³/mol. The maximum Gasteiger partial charge on any atom is 0.271 e. The summed E-state index contributed by atoms with van der Waals surface area (Å²) in [6, 6.07) is 0.0625. The van der Waals surface area contributed by atoms with E-state index in [1.54, 1.807) is 7.05 Å². The van der Waals surface area contributed by atoms with Gasteiger partial charge < -0.3 is 16.8 Å². The molecule has 0 unspecified atom stereocenters. The number of rotatable bonds is 4. The van der Waals surface area contributed by atoms with Crippen molar-refractivity contribution < 1.29 is 9.59 Å². The van der Waals surface area contributed by atoms with Gasteiger partial charge in [-0.05, 0) is 32.1 Å². The molecule has 0 saturated heterocycles. The lowest BCUT2D eigenvalue weighted by atomic mass is 9.85. The van der Waals surface area contributed by atoms with Crippen LogP contribution in [0.5, 0.6) is 0 Å². The molecule has 1 aliphatic carbocycles. The van der Waals surface area contributed by atoms with Crippen LogP contribution in [0.3, 0.4) is 0 Å². The van der Waals surface area contributed by atoms with Gasteiger partial charge in [0.15, 0.2) is 0 Å². The van der Waals surface area contributed by atoms with Crippen molar-refractivity contribution in [3.05, 3.63) is 11.4 Å². The summed E-state index contributed by atoms with van der Waals surface area (Å²) in [5.74, 6) is -0.514. The number of carbonyl (C=O) groups is 2. The molecule has 0 spiro atoms. The van der Waals surface area contributed by atoms with E-state index < -0.39 is 0 Å². The van der Waals surface area contributed by atoms with Gasteiger partial charge >= 0.3 is 0 Å². The Labute approximate surface area is 124 Å². The Morgan fingerprint density at radius 1 is 1.33 bits per heavy atom. The SMILES string of the molecule is CCc1nn(C)c(C(=O)NC2CCC(C(N)=O)CC2)c1N. The minimum absolute atomic E-state index is 0.0625. The molecule has 0 radical (unpaired) electrons. The van der Waals surface area contributed by atoms with Crippen molar-refractivity contribution in [3.8, 4) is 0 Å². The van der Waals surface area contributed by atoms with E-state index in [1.807, 2.05) is 6.92 Å². The van der Waals surface area contributed by atoms with E-state index in [2.05, 4.69) is 10.4 Å². The molecule has 0 aromatic carbocycles. The van der Waals surface area contributed by atoms with Crippen molar-refractivity contribution in [2.75, 3.05) is 5.73 Å². The molecule has 5 N–H and O–H groups in total. The van der Waals surface area contributed by atoms with Gasteiger partial charge in [-0.2, -0.15) is 5.10 Å². The topological polar surface area (TPSA) is 116 Å². The number of anilines is 1. The van der Waals surface area contributed by atoms with Crippen molar-refractivity contribution in [1.29, 1.82) is 0 Å². The highest BCUT2D eigenvalue weighted by molar-refractivity contribution is 5.98. The fourth-order valence-corrected chi connectivity index (χ4v) is 2.90. The molecular weight excluding hydrogens is 270 g/mol. The average Bonchev–Trinajstić information content (AvgIpc) is 2.73. The van der Waals surface area contributed by atoms with E-state index in [0.29, 0.717) is 17.8 Å². The van der Waals surface area contributed by atoms with E-state index >= 15 is 0 Å². The maximum atomic E-state index is 12.4. The molecule has 21 heavy (non-hydrogen) atoms. The fourth-order valence-electron chi connectivity index (χ4n) is 2.90. The second-order valence-corrected chi connectivity index (χ2v) is 5.61. The molecule has 0 atom stereocenters. The molecule has 2 amide bonds. The lowest BCUT2D eigenvalue weighted by Gasteiger charge is -2.27. The summed E-state index contributed by atoms with van der Waals surface area (Å²) in [5.41, 5.74) is 12.9. The summed E-state index contributed by atoms with van der Waals surface area (Å²) in [7, 11) is 1.72. The Balaban J connectivity index is 2.00. The lowest BCUT2D eigenvalue weighted by molar-refractivity contribution is -0.122. The van der Waals surface area contributed by atoms with Crippen LogP contribution in [0.25, 0.3) is 0 Å². The molecule has 1 aliphatic rings. The molecule has 1 fully saturated rings. The molecule has 1 saturated carbocycles. The molecule has 2 rings (SSSR count). The number of carbonyl (C=O) groups excluding carboxylic acids is 2. The number of hydrogen-bond donors (Lipinski definition) is 3. The molecule has 0 aliphatic heterocycles. The Morgan fingerprint density at radius 3 is 2.43 bits per heavy atom. The van der Waals surface area contributed by atoms with E-state index in [-0.39, 0.29) is 23.8 Å². The highest BCUT2D eigenvalue weighted by atomic mass is 16.2. The van der Waals surface area contributed by atoms with E-state index in [1.165, 1.54) is 4.68 Å². The molecule has 1 aromatic rings. The largest absolute Gasteiger partial charge is 0.395 e. The first-order chi connectivity index (χ1) is 9.93. The standard InChI is InChI=1S/C14H23N5O2/c1-3-10-11(15)12(19(2)18-10)14(21)17-9-6-4-8(5-7-9)13(16)20/h8-9H,3-7,15H2,1-2H3,(H2,16,20)(H,17,21). The number of aromatic nitrogens is 2. The second kappa shape index (κ2) is 6.15. The highest BCUT2D eigenvalue weighted by Crippen LogP contribution is 2.25. The summed E-state index contributed by atoms with van der Waals surface area (Å²) in [6.45, 7) is 1.95. The quantitative estimate of drug-likeness (QED) is 0.742. The number of nitrogens with two attached hydrogens (primary N) is 2. The number of hydrogen-bond acceptors (Lipinski definition) is 4. The van der Waals surface area contributed by atoms with Crippen LogP contribution in [0.1, 0.15) is 48.8 Å². The van der Waals surface area contributed by atoms with E-state index in [0.717, 1.165) is 31.4 Å². The Hall–Kier alpha value is -2.05. The van der Waals surface area contributed by atoms with Gasteiger partial charge in [-0.25, -0.2) is 0 Å². The molecule has 7 heteroatoms. The normalized spacial score (nSPS) is 22.0. The summed E-state index contributed by atoms with van der Waals surface area (Å²) in [4.78, 5) is 23.5. The fraction of sp³-hybridized carbons (Fsp3) is 0.643. The third-order valence-electron chi connectivity index (χ3n) is 4.18. The molecular formula is C14H23N5O2. The average molecular weight is 293 g/mol. The zero-order valence-electron chi connectivity index (χ0n) is 12.6. The van der Waals surface area contributed by atoms with Gasteiger partial charge in [0.05, 0.1) is 11.4 Å². The summed E-state index contributed by atoms with van der Waals surface area (Å²) in [6.07, 6.45) is 3.66. The van der Waals surface area contributed by atoms with Crippen LogP contribution in [0, 0.1) is 5.92 Å². The van der Waals surface area contributed by atoms with Crippen LogP contribution < -0.4 is 16.8 Å². The van der Waals surface area contributed by atoms with E-state index in [4.69, 9.17) is 11.5 Å². The highest BCUT2D eigenvalue weighted by Gasteiger charge is 2.27. The van der Waals surface area contributed by atoms with Gasteiger partial charge in [-0.1, -0.05) is 6.92 Å². The molecule has 0 bridgehead atoms. The minimum Gasteiger partial charge on any atom is -0.395 e. The predicted octanol–water partition coefficient (Wildman–Crippen LogP) is 0.339. The lowest BCUT2D eigenvalue weighted by Crippen LogP contribution is -2.40.